The SMILES string of the molecule is Cc1nc2c(Br)cc(Br)cc2c(Cl)c1C. The zero-order valence-electron chi connectivity index (χ0n) is 8.24. The lowest BCUT2D eigenvalue weighted by Crippen LogP contribution is -1.91. The number of halogens is 3. The largest absolute Gasteiger partial charge is 0.252 e. The molecule has 0 saturated heterocycles. The minimum Gasteiger partial charge on any atom is -0.252 e. The zero-order chi connectivity index (χ0) is 11.2. The Bertz CT molecular complexity index is 552. The lowest BCUT2D eigenvalue weighted by molar-refractivity contribution is 1.19. The van der Waals surface area contributed by atoms with Gasteiger partial charge in [-0.25, -0.2) is 0 Å². The Balaban J connectivity index is 2.98. The van der Waals surface area contributed by atoms with Crippen LogP contribution >= 0.6 is 43.5 Å². The molecule has 0 bridgehead atoms. The molecular formula is C11H8Br2ClN. The molecule has 78 valence electrons. The van der Waals surface area contributed by atoms with Gasteiger partial charge in [-0.15, -0.1) is 0 Å². The lowest BCUT2D eigenvalue weighted by Gasteiger charge is -2.08. The highest BCUT2D eigenvalue weighted by molar-refractivity contribution is 9.11. The van der Waals surface area contributed by atoms with Crippen molar-refractivity contribution in [1.29, 1.82) is 0 Å². The molecule has 2 aromatic rings. The standard InChI is InChI=1S/C11H8Br2ClN/c1-5-6(2)15-11-8(10(5)14)3-7(12)4-9(11)13/h3-4H,1-2H3. The van der Waals surface area contributed by atoms with E-state index in [1.165, 1.54) is 0 Å². The Morgan fingerprint density at radius 2 is 1.87 bits per heavy atom. The minimum atomic E-state index is 0.777. The van der Waals surface area contributed by atoms with Crippen molar-refractivity contribution in [2.24, 2.45) is 0 Å². The van der Waals surface area contributed by atoms with Gasteiger partial charge in [0.1, 0.15) is 0 Å². The third-order valence-electron chi connectivity index (χ3n) is 2.42. The number of benzene rings is 1. The molecular weight excluding hydrogens is 341 g/mol. The van der Waals surface area contributed by atoms with Crippen molar-refractivity contribution in [3.63, 3.8) is 0 Å². The maximum atomic E-state index is 6.29. The Morgan fingerprint density at radius 3 is 2.53 bits per heavy atom. The highest BCUT2D eigenvalue weighted by atomic mass is 79.9. The first-order chi connectivity index (χ1) is 7.00. The average molecular weight is 349 g/mol. The van der Waals surface area contributed by atoms with Gasteiger partial charge in [-0.05, 0) is 47.5 Å². The van der Waals surface area contributed by atoms with E-state index in [-0.39, 0.29) is 0 Å². The molecule has 0 aliphatic rings. The molecule has 0 atom stereocenters. The molecule has 0 radical (unpaired) electrons. The van der Waals surface area contributed by atoms with Crippen molar-refractivity contribution in [2.45, 2.75) is 13.8 Å². The summed E-state index contributed by atoms with van der Waals surface area (Å²) in [4.78, 5) is 4.52. The fraction of sp³-hybridized carbons (Fsp3) is 0.182. The molecule has 0 aliphatic carbocycles. The van der Waals surface area contributed by atoms with Gasteiger partial charge in [-0.3, -0.25) is 4.98 Å². The molecule has 0 spiro atoms. The Morgan fingerprint density at radius 1 is 1.20 bits per heavy atom. The van der Waals surface area contributed by atoms with Crippen LogP contribution in [0.15, 0.2) is 21.1 Å². The summed E-state index contributed by atoms with van der Waals surface area (Å²) in [5, 5.41) is 1.75. The van der Waals surface area contributed by atoms with Gasteiger partial charge in [0.15, 0.2) is 0 Å². The van der Waals surface area contributed by atoms with E-state index in [0.29, 0.717) is 0 Å². The number of fused-ring (bicyclic) bond motifs is 1. The summed E-state index contributed by atoms with van der Waals surface area (Å²) in [5.74, 6) is 0. The quantitative estimate of drug-likeness (QED) is 0.650. The van der Waals surface area contributed by atoms with Crippen LogP contribution in [-0.2, 0) is 0 Å². The van der Waals surface area contributed by atoms with Crippen LogP contribution in [0.3, 0.4) is 0 Å². The third-order valence-corrected chi connectivity index (χ3v) is 3.97. The first-order valence-corrected chi connectivity index (χ1v) is 6.38. The Kier molecular flexibility index (Phi) is 3.06. The van der Waals surface area contributed by atoms with Crippen molar-refractivity contribution < 1.29 is 0 Å². The lowest BCUT2D eigenvalue weighted by atomic mass is 10.1. The maximum absolute atomic E-state index is 6.29. The van der Waals surface area contributed by atoms with Crippen LogP contribution in [0.1, 0.15) is 11.3 Å². The van der Waals surface area contributed by atoms with Crippen molar-refractivity contribution in [2.75, 3.05) is 0 Å². The fourth-order valence-corrected chi connectivity index (χ4v) is 3.05. The van der Waals surface area contributed by atoms with Crippen molar-refractivity contribution in [3.05, 3.63) is 37.4 Å². The molecule has 0 aliphatic heterocycles. The predicted molar refractivity (Wildman–Crippen MR) is 71.6 cm³/mol. The molecule has 15 heavy (non-hydrogen) atoms. The third kappa shape index (κ3) is 1.93. The molecule has 1 aromatic carbocycles. The van der Waals surface area contributed by atoms with Crippen LogP contribution in [0.25, 0.3) is 10.9 Å². The first kappa shape index (κ1) is 11.4. The fourth-order valence-electron chi connectivity index (χ4n) is 1.46. The second-order valence-electron chi connectivity index (χ2n) is 3.42. The van der Waals surface area contributed by atoms with E-state index in [2.05, 4.69) is 36.8 Å². The molecule has 0 unspecified atom stereocenters. The first-order valence-electron chi connectivity index (χ1n) is 4.42. The van der Waals surface area contributed by atoms with Crippen LogP contribution in [0.2, 0.25) is 5.02 Å². The molecule has 4 heteroatoms. The van der Waals surface area contributed by atoms with Gasteiger partial charge in [-0.2, -0.15) is 0 Å². The van der Waals surface area contributed by atoms with E-state index in [1.54, 1.807) is 0 Å². The van der Waals surface area contributed by atoms with Gasteiger partial charge in [-0.1, -0.05) is 27.5 Å². The normalized spacial score (nSPS) is 11.0. The van der Waals surface area contributed by atoms with Crippen LogP contribution < -0.4 is 0 Å². The van der Waals surface area contributed by atoms with E-state index in [9.17, 15) is 0 Å². The molecule has 1 aromatic heterocycles. The molecule has 0 fully saturated rings. The number of aryl methyl sites for hydroxylation is 1. The van der Waals surface area contributed by atoms with Gasteiger partial charge in [0, 0.05) is 20.0 Å². The Hall–Kier alpha value is -0.120. The number of pyridine rings is 1. The van der Waals surface area contributed by atoms with Crippen LogP contribution in [0, 0.1) is 13.8 Å². The smallest absolute Gasteiger partial charge is 0.0863 e. The minimum absolute atomic E-state index is 0.777. The van der Waals surface area contributed by atoms with Crippen LogP contribution in [0.4, 0.5) is 0 Å². The molecule has 1 nitrogen and oxygen atoms in total. The van der Waals surface area contributed by atoms with E-state index < -0.39 is 0 Å². The molecule has 2 rings (SSSR count). The van der Waals surface area contributed by atoms with Gasteiger partial charge in [0.25, 0.3) is 0 Å². The van der Waals surface area contributed by atoms with Gasteiger partial charge in [0.2, 0.25) is 0 Å². The average Bonchev–Trinajstić information content (AvgIpc) is 2.17. The predicted octanol–water partition coefficient (Wildman–Crippen LogP) is 5.03. The van der Waals surface area contributed by atoms with Crippen LogP contribution in [-0.4, -0.2) is 4.98 Å². The van der Waals surface area contributed by atoms with Crippen molar-refractivity contribution in [1.82, 2.24) is 4.98 Å². The highest BCUT2D eigenvalue weighted by Crippen LogP contribution is 2.34. The second kappa shape index (κ2) is 4.04. The van der Waals surface area contributed by atoms with Gasteiger partial charge >= 0.3 is 0 Å². The maximum Gasteiger partial charge on any atom is 0.0863 e. The van der Waals surface area contributed by atoms with Crippen LogP contribution in [0.5, 0.6) is 0 Å². The number of nitrogens with zero attached hydrogens (tertiary/aromatic N) is 1. The molecule has 1 heterocycles. The van der Waals surface area contributed by atoms with Gasteiger partial charge in [0.05, 0.1) is 10.5 Å². The summed E-state index contributed by atoms with van der Waals surface area (Å²) in [5.41, 5.74) is 2.91. The number of aromatic nitrogens is 1. The monoisotopic (exact) mass is 347 g/mol. The van der Waals surface area contributed by atoms with E-state index in [1.807, 2.05) is 26.0 Å². The van der Waals surface area contributed by atoms with Gasteiger partial charge < -0.3 is 0 Å². The van der Waals surface area contributed by atoms with E-state index in [4.69, 9.17) is 11.6 Å². The summed E-state index contributed by atoms with van der Waals surface area (Å²) in [7, 11) is 0. The van der Waals surface area contributed by atoms with E-state index >= 15 is 0 Å². The summed E-state index contributed by atoms with van der Waals surface area (Å²) >= 11 is 13.2. The molecule has 0 saturated carbocycles. The molecule has 0 amide bonds. The summed E-state index contributed by atoms with van der Waals surface area (Å²) < 4.78 is 1.95. The number of hydrogen-bond acceptors (Lipinski definition) is 1. The van der Waals surface area contributed by atoms with Crippen molar-refractivity contribution >= 4 is 54.4 Å². The summed E-state index contributed by atoms with van der Waals surface area (Å²) in [6.45, 7) is 3.95. The number of rotatable bonds is 0. The number of hydrogen-bond donors (Lipinski definition) is 0. The topological polar surface area (TPSA) is 12.9 Å². The molecule has 0 N–H and O–H groups in total. The summed E-state index contributed by atoms with van der Waals surface area (Å²) in [6, 6.07) is 3.96. The Labute approximate surface area is 110 Å². The van der Waals surface area contributed by atoms with E-state index in [0.717, 1.165) is 36.1 Å². The summed E-state index contributed by atoms with van der Waals surface area (Å²) in [6.07, 6.45) is 0. The zero-order valence-corrected chi connectivity index (χ0v) is 12.2. The highest BCUT2D eigenvalue weighted by Gasteiger charge is 2.10. The second-order valence-corrected chi connectivity index (χ2v) is 5.57. The van der Waals surface area contributed by atoms with Crippen molar-refractivity contribution in [3.8, 4) is 0 Å².